The number of sulfone groups is 1. The average Bonchev–Trinajstić information content (AvgIpc) is 3.52. The molecule has 2 fully saturated rings. The Morgan fingerprint density at radius 1 is 1.18 bits per heavy atom. The van der Waals surface area contributed by atoms with Crippen LogP contribution < -0.4 is 5.32 Å². The Hall–Kier alpha value is -3.27. The van der Waals surface area contributed by atoms with Crippen LogP contribution in [-0.2, 0) is 19.4 Å². The first-order chi connectivity index (χ1) is 16.2. The molecule has 1 amide bonds. The number of pyridine rings is 1. The number of nitrogens with one attached hydrogen (secondary N) is 1. The van der Waals surface area contributed by atoms with Crippen molar-refractivity contribution in [2.75, 3.05) is 16.8 Å². The van der Waals surface area contributed by atoms with Crippen molar-refractivity contribution in [1.29, 1.82) is 0 Å². The van der Waals surface area contributed by atoms with Crippen LogP contribution in [0.4, 0.5) is 5.69 Å². The van der Waals surface area contributed by atoms with Crippen LogP contribution in [0.5, 0.6) is 0 Å². The third-order valence-electron chi connectivity index (χ3n) is 6.32. The normalized spacial score (nSPS) is 20.2. The first-order valence-electron chi connectivity index (χ1n) is 11.4. The summed E-state index contributed by atoms with van der Waals surface area (Å²) in [5.41, 5.74) is 2.75. The molecule has 3 heterocycles. The summed E-state index contributed by atoms with van der Waals surface area (Å²) in [7, 11) is -3.12. The molecule has 9 nitrogen and oxygen atoms in total. The molecule has 3 aromatic rings. The molecule has 0 bridgehead atoms. The van der Waals surface area contributed by atoms with Gasteiger partial charge in [0.1, 0.15) is 0 Å². The number of hydrogen-bond donors (Lipinski definition) is 1. The second kappa shape index (κ2) is 8.50. The SMILES string of the molecule is Cc1nn([C@H]2CCS(=O)(=O)C2)c2nc(C3CC3)cc(C(=O)O[C@@H](C)C(=O)Nc3ccccc3)c12. The average molecular weight is 483 g/mol. The van der Waals surface area contributed by atoms with Gasteiger partial charge in [0.25, 0.3) is 5.91 Å². The van der Waals surface area contributed by atoms with Gasteiger partial charge in [0.2, 0.25) is 0 Å². The smallest absolute Gasteiger partial charge is 0.339 e. The van der Waals surface area contributed by atoms with E-state index in [-0.39, 0.29) is 23.5 Å². The maximum absolute atomic E-state index is 13.2. The molecule has 0 radical (unpaired) electrons. The number of para-hydroxylation sites is 1. The zero-order valence-electron chi connectivity index (χ0n) is 19.0. The topological polar surface area (TPSA) is 120 Å². The summed E-state index contributed by atoms with van der Waals surface area (Å²) in [5, 5.41) is 7.84. The Balaban J connectivity index is 1.46. The monoisotopic (exact) mass is 482 g/mol. The van der Waals surface area contributed by atoms with Crippen LogP contribution in [0, 0.1) is 6.92 Å². The van der Waals surface area contributed by atoms with Crippen molar-refractivity contribution in [2.45, 2.75) is 51.2 Å². The molecule has 2 aliphatic rings. The zero-order valence-corrected chi connectivity index (χ0v) is 19.8. The Morgan fingerprint density at radius 2 is 1.91 bits per heavy atom. The Morgan fingerprint density at radius 3 is 2.56 bits per heavy atom. The van der Waals surface area contributed by atoms with E-state index in [0.29, 0.717) is 34.4 Å². The lowest BCUT2D eigenvalue weighted by Gasteiger charge is -2.15. The lowest BCUT2D eigenvalue weighted by molar-refractivity contribution is -0.123. The lowest BCUT2D eigenvalue weighted by Crippen LogP contribution is -2.30. The van der Waals surface area contributed by atoms with Gasteiger partial charge in [-0.2, -0.15) is 5.10 Å². The number of carbonyl (C=O) groups excluding carboxylic acids is 2. The van der Waals surface area contributed by atoms with E-state index in [4.69, 9.17) is 9.72 Å². The van der Waals surface area contributed by atoms with Crippen molar-refractivity contribution in [3.05, 3.63) is 53.3 Å². The predicted molar refractivity (Wildman–Crippen MR) is 126 cm³/mol. The summed E-state index contributed by atoms with van der Waals surface area (Å²) in [5.74, 6) is -0.688. The molecule has 10 heteroatoms. The number of rotatable bonds is 6. The number of nitrogens with zero attached hydrogens (tertiary/aromatic N) is 3. The highest BCUT2D eigenvalue weighted by Crippen LogP contribution is 2.41. The molecule has 1 N–H and O–H groups in total. The molecule has 1 saturated heterocycles. The highest BCUT2D eigenvalue weighted by molar-refractivity contribution is 7.91. The Kier molecular flexibility index (Phi) is 5.63. The molecule has 34 heavy (non-hydrogen) atoms. The van der Waals surface area contributed by atoms with Crippen molar-refractivity contribution < 1.29 is 22.7 Å². The molecule has 0 spiro atoms. The molecule has 2 atom stereocenters. The zero-order chi connectivity index (χ0) is 24.0. The number of benzene rings is 1. The molecule has 5 rings (SSSR count). The fourth-order valence-corrected chi connectivity index (χ4v) is 6.04. The molecule has 1 saturated carbocycles. The van der Waals surface area contributed by atoms with Crippen molar-refractivity contribution >= 4 is 38.4 Å². The lowest BCUT2D eigenvalue weighted by atomic mass is 10.1. The number of carbonyl (C=O) groups is 2. The van der Waals surface area contributed by atoms with Gasteiger partial charge >= 0.3 is 5.97 Å². The fraction of sp³-hybridized carbons (Fsp3) is 0.417. The van der Waals surface area contributed by atoms with E-state index in [1.54, 1.807) is 41.9 Å². The van der Waals surface area contributed by atoms with E-state index in [0.717, 1.165) is 18.5 Å². The number of esters is 1. The number of hydrogen-bond acceptors (Lipinski definition) is 7. The fourth-order valence-electron chi connectivity index (χ4n) is 4.35. The third-order valence-corrected chi connectivity index (χ3v) is 8.07. The minimum atomic E-state index is -3.12. The van der Waals surface area contributed by atoms with Crippen LogP contribution in [0.15, 0.2) is 36.4 Å². The van der Waals surface area contributed by atoms with Crippen LogP contribution in [0.25, 0.3) is 11.0 Å². The summed E-state index contributed by atoms with van der Waals surface area (Å²) >= 11 is 0. The quantitative estimate of drug-likeness (QED) is 0.536. The van der Waals surface area contributed by atoms with Gasteiger partial charge in [-0.3, -0.25) is 4.79 Å². The number of ether oxygens (including phenoxy) is 1. The number of anilines is 1. The second-order valence-electron chi connectivity index (χ2n) is 9.06. The van der Waals surface area contributed by atoms with Crippen molar-refractivity contribution in [3.63, 3.8) is 0 Å². The first-order valence-corrected chi connectivity index (χ1v) is 13.2. The van der Waals surface area contributed by atoms with Crippen LogP contribution in [-0.4, -0.2) is 52.7 Å². The van der Waals surface area contributed by atoms with Gasteiger partial charge < -0.3 is 10.1 Å². The maximum Gasteiger partial charge on any atom is 0.339 e. The van der Waals surface area contributed by atoms with E-state index in [2.05, 4.69) is 10.4 Å². The molecular weight excluding hydrogens is 456 g/mol. The predicted octanol–water partition coefficient (Wildman–Crippen LogP) is 3.16. The molecule has 1 aliphatic carbocycles. The minimum Gasteiger partial charge on any atom is -0.449 e. The van der Waals surface area contributed by atoms with E-state index in [1.807, 2.05) is 6.07 Å². The Labute approximate surface area is 197 Å². The summed E-state index contributed by atoms with van der Waals surface area (Å²) in [6.45, 7) is 3.29. The van der Waals surface area contributed by atoms with E-state index in [9.17, 15) is 18.0 Å². The van der Waals surface area contributed by atoms with Gasteiger partial charge in [0.05, 0.1) is 34.2 Å². The van der Waals surface area contributed by atoms with E-state index in [1.165, 1.54) is 6.92 Å². The van der Waals surface area contributed by atoms with Gasteiger partial charge in [0, 0.05) is 17.3 Å². The molecular formula is C24H26N4O5S. The van der Waals surface area contributed by atoms with Crippen molar-refractivity contribution in [3.8, 4) is 0 Å². The van der Waals surface area contributed by atoms with Gasteiger partial charge in [0.15, 0.2) is 21.6 Å². The minimum absolute atomic E-state index is 0.00896. The van der Waals surface area contributed by atoms with Crippen molar-refractivity contribution in [2.24, 2.45) is 0 Å². The second-order valence-corrected chi connectivity index (χ2v) is 11.3. The largest absolute Gasteiger partial charge is 0.449 e. The standard InChI is InChI=1S/C24H26N4O5S/c1-14-21-19(24(30)33-15(2)23(29)25-17-6-4-3-5-7-17)12-20(16-8-9-16)26-22(21)28(27-14)18-10-11-34(31,32)13-18/h3-7,12,15-16,18H,8-11,13H2,1-2H3,(H,25,29)/t15-,18-/m0/s1. The molecule has 1 aromatic carbocycles. The summed E-state index contributed by atoms with van der Waals surface area (Å²) in [4.78, 5) is 30.6. The van der Waals surface area contributed by atoms with E-state index >= 15 is 0 Å². The van der Waals surface area contributed by atoms with Crippen LogP contribution in [0.3, 0.4) is 0 Å². The number of fused-ring (bicyclic) bond motifs is 1. The molecule has 0 unspecified atom stereocenters. The summed E-state index contributed by atoms with van der Waals surface area (Å²) in [6.07, 6.45) is 1.40. The maximum atomic E-state index is 13.2. The summed E-state index contributed by atoms with van der Waals surface area (Å²) in [6, 6.07) is 10.4. The van der Waals surface area contributed by atoms with Gasteiger partial charge in [-0.15, -0.1) is 0 Å². The van der Waals surface area contributed by atoms with Gasteiger partial charge in [-0.05, 0) is 51.3 Å². The van der Waals surface area contributed by atoms with E-state index < -0.39 is 27.8 Å². The first kappa shape index (κ1) is 22.5. The third kappa shape index (κ3) is 4.42. The van der Waals surface area contributed by atoms with Crippen LogP contribution in [0.1, 0.15) is 59.9 Å². The van der Waals surface area contributed by atoms with Gasteiger partial charge in [-0.1, -0.05) is 18.2 Å². The highest BCUT2D eigenvalue weighted by atomic mass is 32.2. The van der Waals surface area contributed by atoms with Crippen LogP contribution >= 0.6 is 0 Å². The Bertz CT molecular complexity index is 1380. The molecule has 1 aliphatic heterocycles. The van der Waals surface area contributed by atoms with Gasteiger partial charge in [-0.25, -0.2) is 22.9 Å². The number of aryl methyl sites for hydroxylation is 1. The molecule has 2 aromatic heterocycles. The highest BCUT2D eigenvalue weighted by Gasteiger charge is 2.34. The number of amides is 1. The summed E-state index contributed by atoms with van der Waals surface area (Å²) < 4.78 is 31.3. The number of aromatic nitrogens is 3. The molecule has 178 valence electrons. The van der Waals surface area contributed by atoms with Crippen LogP contribution in [0.2, 0.25) is 0 Å². The van der Waals surface area contributed by atoms with Crippen molar-refractivity contribution in [1.82, 2.24) is 14.8 Å².